The highest BCUT2D eigenvalue weighted by Crippen LogP contribution is 2.24. The summed E-state index contributed by atoms with van der Waals surface area (Å²) in [6, 6.07) is 8.77. The third-order valence-corrected chi connectivity index (χ3v) is 3.56. The maximum Gasteiger partial charge on any atom is 0.0967 e. The number of benzene rings is 1. The van der Waals surface area contributed by atoms with E-state index in [0.29, 0.717) is 5.92 Å². The number of hydrogen-bond donors (Lipinski definition) is 1. The van der Waals surface area contributed by atoms with Crippen molar-refractivity contribution >= 4 is 0 Å². The minimum absolute atomic E-state index is 0.106. The summed E-state index contributed by atoms with van der Waals surface area (Å²) in [4.78, 5) is 0. The summed E-state index contributed by atoms with van der Waals surface area (Å²) in [5, 5.41) is 8.17. The Balaban J connectivity index is 2.26. The van der Waals surface area contributed by atoms with Gasteiger partial charge in [-0.3, -0.25) is 4.68 Å². The van der Waals surface area contributed by atoms with Crippen LogP contribution in [0.25, 0.3) is 11.3 Å². The van der Waals surface area contributed by atoms with E-state index in [-0.39, 0.29) is 5.54 Å². The van der Waals surface area contributed by atoms with Gasteiger partial charge in [-0.25, -0.2) is 0 Å². The first-order chi connectivity index (χ1) is 9.76. The van der Waals surface area contributed by atoms with E-state index in [4.69, 9.17) is 0 Å². The lowest BCUT2D eigenvalue weighted by Gasteiger charge is -2.20. The predicted octanol–water partition coefficient (Wildman–Crippen LogP) is 4.10. The number of aromatic nitrogens is 2. The fourth-order valence-corrected chi connectivity index (χ4v) is 2.30. The molecule has 0 aliphatic heterocycles. The van der Waals surface area contributed by atoms with Gasteiger partial charge in [-0.2, -0.15) is 5.10 Å². The number of aryl methyl sites for hydroxylation is 1. The molecule has 0 saturated heterocycles. The number of nitrogens with zero attached hydrogens (tertiary/aromatic N) is 2. The quantitative estimate of drug-likeness (QED) is 0.916. The minimum atomic E-state index is 0.106. The van der Waals surface area contributed by atoms with Crippen LogP contribution in [0.1, 0.15) is 51.7 Å². The summed E-state index contributed by atoms with van der Waals surface area (Å²) < 4.78 is 1.89. The minimum Gasteiger partial charge on any atom is -0.308 e. The van der Waals surface area contributed by atoms with Crippen LogP contribution in [0.4, 0.5) is 0 Å². The summed E-state index contributed by atoms with van der Waals surface area (Å²) in [5.41, 5.74) is 4.97. The Labute approximate surface area is 128 Å². The van der Waals surface area contributed by atoms with Gasteiger partial charge in [0.2, 0.25) is 0 Å². The standard InChI is InChI=1S/C18H27N3/c1-13(2)14-7-9-15(10-8-14)17-16(12-21(6)20-17)11-19-18(3,4)5/h7-10,12-13,19H,11H2,1-6H3. The molecule has 0 unspecified atom stereocenters. The van der Waals surface area contributed by atoms with Crippen LogP contribution in [0.2, 0.25) is 0 Å². The molecule has 0 amide bonds. The fraction of sp³-hybridized carbons (Fsp3) is 0.500. The molecule has 2 aromatic rings. The second kappa shape index (κ2) is 6.02. The van der Waals surface area contributed by atoms with Gasteiger partial charge in [-0.1, -0.05) is 38.1 Å². The molecule has 1 N–H and O–H groups in total. The molecule has 0 aliphatic rings. The predicted molar refractivity (Wildman–Crippen MR) is 89.3 cm³/mol. The van der Waals surface area contributed by atoms with Crippen LogP contribution in [0.3, 0.4) is 0 Å². The van der Waals surface area contributed by atoms with E-state index in [0.717, 1.165) is 12.2 Å². The molecule has 3 nitrogen and oxygen atoms in total. The summed E-state index contributed by atoms with van der Waals surface area (Å²) in [6.45, 7) is 11.8. The smallest absolute Gasteiger partial charge is 0.0967 e. The summed E-state index contributed by atoms with van der Waals surface area (Å²) >= 11 is 0. The van der Waals surface area contributed by atoms with Crippen molar-refractivity contribution in [1.82, 2.24) is 15.1 Å². The SMILES string of the molecule is CC(C)c1ccc(-c2nn(C)cc2CNC(C)(C)C)cc1. The molecule has 1 aromatic carbocycles. The Morgan fingerprint density at radius 1 is 1.14 bits per heavy atom. The average molecular weight is 285 g/mol. The van der Waals surface area contributed by atoms with Crippen molar-refractivity contribution in [2.75, 3.05) is 0 Å². The maximum atomic E-state index is 4.63. The molecule has 21 heavy (non-hydrogen) atoms. The van der Waals surface area contributed by atoms with Gasteiger partial charge in [0.1, 0.15) is 0 Å². The molecule has 2 rings (SSSR count). The van der Waals surface area contributed by atoms with Gasteiger partial charge in [0.05, 0.1) is 5.69 Å². The van der Waals surface area contributed by atoms with E-state index in [1.54, 1.807) is 0 Å². The summed E-state index contributed by atoms with van der Waals surface area (Å²) in [6.07, 6.45) is 2.10. The zero-order valence-corrected chi connectivity index (χ0v) is 14.1. The monoisotopic (exact) mass is 285 g/mol. The van der Waals surface area contributed by atoms with Crippen LogP contribution in [-0.4, -0.2) is 15.3 Å². The number of nitrogens with one attached hydrogen (secondary N) is 1. The van der Waals surface area contributed by atoms with Gasteiger partial charge >= 0.3 is 0 Å². The van der Waals surface area contributed by atoms with Crippen molar-refractivity contribution in [3.05, 3.63) is 41.6 Å². The molecule has 1 aromatic heterocycles. The lowest BCUT2D eigenvalue weighted by atomic mass is 9.99. The Morgan fingerprint density at radius 3 is 2.29 bits per heavy atom. The Bertz CT molecular complexity index is 586. The molecular weight excluding hydrogens is 258 g/mol. The van der Waals surface area contributed by atoms with Gasteiger partial charge in [-0.05, 0) is 32.3 Å². The molecule has 0 aliphatic carbocycles. The molecule has 3 heteroatoms. The highest BCUT2D eigenvalue weighted by molar-refractivity contribution is 5.63. The molecule has 0 fully saturated rings. The zero-order chi connectivity index (χ0) is 15.6. The van der Waals surface area contributed by atoms with Crippen LogP contribution in [0.5, 0.6) is 0 Å². The first-order valence-electron chi connectivity index (χ1n) is 7.64. The Hall–Kier alpha value is -1.61. The van der Waals surface area contributed by atoms with Crippen LogP contribution < -0.4 is 5.32 Å². The van der Waals surface area contributed by atoms with Gasteiger partial charge in [0.25, 0.3) is 0 Å². The second-order valence-corrected chi connectivity index (χ2v) is 7.06. The van der Waals surface area contributed by atoms with Gasteiger partial charge in [0.15, 0.2) is 0 Å². The highest BCUT2D eigenvalue weighted by Gasteiger charge is 2.14. The number of hydrogen-bond acceptors (Lipinski definition) is 2. The average Bonchev–Trinajstić information content (AvgIpc) is 2.77. The van der Waals surface area contributed by atoms with Gasteiger partial charge in [-0.15, -0.1) is 0 Å². The largest absolute Gasteiger partial charge is 0.308 e. The topological polar surface area (TPSA) is 29.9 Å². The van der Waals surface area contributed by atoms with Crippen LogP contribution in [-0.2, 0) is 13.6 Å². The van der Waals surface area contributed by atoms with Gasteiger partial charge < -0.3 is 5.32 Å². The Morgan fingerprint density at radius 2 is 1.76 bits per heavy atom. The molecule has 0 atom stereocenters. The molecule has 0 bridgehead atoms. The molecular formula is C18H27N3. The first-order valence-corrected chi connectivity index (χ1v) is 7.64. The molecule has 0 saturated carbocycles. The van der Waals surface area contributed by atoms with E-state index in [1.165, 1.54) is 16.7 Å². The van der Waals surface area contributed by atoms with Crippen molar-refractivity contribution in [2.45, 2.75) is 52.6 Å². The van der Waals surface area contributed by atoms with E-state index in [9.17, 15) is 0 Å². The highest BCUT2D eigenvalue weighted by atomic mass is 15.3. The van der Waals surface area contributed by atoms with Crippen molar-refractivity contribution < 1.29 is 0 Å². The molecule has 0 spiro atoms. The fourth-order valence-electron chi connectivity index (χ4n) is 2.30. The molecule has 1 heterocycles. The molecule has 114 valence electrons. The van der Waals surface area contributed by atoms with E-state index < -0.39 is 0 Å². The van der Waals surface area contributed by atoms with E-state index in [2.05, 4.69) is 75.5 Å². The summed E-state index contributed by atoms with van der Waals surface area (Å²) in [5.74, 6) is 0.560. The van der Waals surface area contributed by atoms with E-state index >= 15 is 0 Å². The third-order valence-electron chi connectivity index (χ3n) is 3.56. The third kappa shape index (κ3) is 4.18. The normalized spacial score (nSPS) is 12.1. The van der Waals surface area contributed by atoms with Crippen molar-refractivity contribution in [1.29, 1.82) is 0 Å². The van der Waals surface area contributed by atoms with Crippen LogP contribution in [0, 0.1) is 0 Å². The number of rotatable bonds is 4. The Kier molecular flexibility index (Phi) is 4.52. The second-order valence-electron chi connectivity index (χ2n) is 7.06. The van der Waals surface area contributed by atoms with E-state index in [1.807, 2.05) is 11.7 Å². The van der Waals surface area contributed by atoms with Gasteiger partial charge in [0, 0.05) is 36.5 Å². The lowest BCUT2D eigenvalue weighted by molar-refractivity contribution is 0.424. The zero-order valence-electron chi connectivity index (χ0n) is 14.1. The van der Waals surface area contributed by atoms with Crippen molar-refractivity contribution in [3.63, 3.8) is 0 Å². The lowest BCUT2D eigenvalue weighted by Crippen LogP contribution is -2.35. The maximum absolute atomic E-state index is 4.63. The first kappa shape index (κ1) is 15.8. The molecule has 0 radical (unpaired) electrons. The van der Waals surface area contributed by atoms with Crippen LogP contribution >= 0.6 is 0 Å². The summed E-state index contributed by atoms with van der Waals surface area (Å²) in [7, 11) is 1.98. The van der Waals surface area contributed by atoms with Crippen molar-refractivity contribution in [3.8, 4) is 11.3 Å². The van der Waals surface area contributed by atoms with Crippen molar-refractivity contribution in [2.24, 2.45) is 7.05 Å². The van der Waals surface area contributed by atoms with Crippen LogP contribution in [0.15, 0.2) is 30.5 Å².